The Labute approximate surface area is 208 Å². The maximum atomic E-state index is 14.1. The number of halogens is 7. The van der Waals surface area contributed by atoms with Gasteiger partial charge >= 0.3 is 12.4 Å². The fourth-order valence-electron chi connectivity index (χ4n) is 9.95. The van der Waals surface area contributed by atoms with Crippen molar-refractivity contribution >= 4 is 0 Å². The van der Waals surface area contributed by atoms with Crippen molar-refractivity contribution in [3.63, 3.8) is 0 Å². The molecule has 36 heavy (non-hydrogen) atoms. The quantitative estimate of drug-likeness (QED) is 0.292. The summed E-state index contributed by atoms with van der Waals surface area (Å²) in [5.41, 5.74) is -5.31. The maximum absolute atomic E-state index is 14.1. The van der Waals surface area contributed by atoms with Gasteiger partial charge in [0.2, 0.25) is 0 Å². The Morgan fingerprint density at radius 1 is 0.917 bits per heavy atom. The number of ether oxygens (including phenoxy) is 1. The van der Waals surface area contributed by atoms with Crippen molar-refractivity contribution in [2.75, 3.05) is 0 Å². The summed E-state index contributed by atoms with van der Waals surface area (Å²) >= 11 is 0. The monoisotopic (exact) mass is 528 g/mol. The van der Waals surface area contributed by atoms with Crippen molar-refractivity contribution in [2.45, 2.75) is 127 Å². The lowest BCUT2D eigenvalue weighted by Crippen LogP contribution is -2.58. The zero-order chi connectivity index (χ0) is 26.5. The van der Waals surface area contributed by atoms with Gasteiger partial charge in [0, 0.05) is 11.8 Å². The highest BCUT2D eigenvalue weighted by atomic mass is 19.4. The SMILES string of the molecule is CC(CCCC(F)(C(F)(F)F)C(F)(F)F)[C@H]1CC[C@H]2[C@@H]3C[C@@H]4O[C@@]45C[C@@H](O)CC[C@]5(C)[C@H]3CC[C@]12C. The van der Waals surface area contributed by atoms with E-state index in [1.165, 1.54) is 0 Å². The van der Waals surface area contributed by atoms with Crippen LogP contribution < -0.4 is 0 Å². The van der Waals surface area contributed by atoms with Gasteiger partial charge in [-0.25, -0.2) is 4.39 Å². The van der Waals surface area contributed by atoms with Gasteiger partial charge in [-0.05, 0) is 92.8 Å². The van der Waals surface area contributed by atoms with E-state index >= 15 is 0 Å². The molecule has 5 fully saturated rings. The van der Waals surface area contributed by atoms with Crippen LogP contribution in [0.2, 0.25) is 0 Å². The Balaban J connectivity index is 1.26. The lowest BCUT2D eigenvalue weighted by molar-refractivity contribution is -0.343. The first-order valence-electron chi connectivity index (χ1n) is 13.7. The van der Waals surface area contributed by atoms with Gasteiger partial charge in [-0.2, -0.15) is 26.3 Å². The summed E-state index contributed by atoms with van der Waals surface area (Å²) in [6.07, 6.45) is -6.51. The van der Waals surface area contributed by atoms with Gasteiger partial charge in [0.1, 0.15) is 5.60 Å². The lowest BCUT2D eigenvalue weighted by atomic mass is 9.44. The fraction of sp³-hybridized carbons (Fsp3) is 1.00. The molecule has 0 bridgehead atoms. The first kappa shape index (κ1) is 27.0. The van der Waals surface area contributed by atoms with Gasteiger partial charge in [0.25, 0.3) is 5.67 Å². The van der Waals surface area contributed by atoms with Crippen molar-refractivity contribution in [1.29, 1.82) is 0 Å². The average Bonchev–Trinajstić information content (AvgIpc) is 3.33. The molecule has 0 aromatic carbocycles. The Morgan fingerprint density at radius 3 is 2.22 bits per heavy atom. The summed E-state index contributed by atoms with van der Waals surface area (Å²) in [7, 11) is 0. The molecule has 9 heteroatoms. The Morgan fingerprint density at radius 2 is 1.58 bits per heavy atom. The number of rotatable bonds is 5. The van der Waals surface area contributed by atoms with Crippen LogP contribution in [-0.4, -0.2) is 40.9 Å². The van der Waals surface area contributed by atoms with Crippen LogP contribution in [-0.2, 0) is 4.74 Å². The standard InChI is InChI=1S/C27H39F7O2/c1-15(5-4-10-25(28,26(29,30)31)27(32,33)34)18-6-7-19-17-13-21-24(36-21)14-16(35)8-12-23(24,3)20(17)9-11-22(18,19)2/h15-21,35H,4-14H2,1-3H3/t15?,16-,17-,18+,19-,20-,21-,22+,23+,24-/m0/s1. The Bertz CT molecular complexity index is 844. The molecule has 1 aliphatic heterocycles. The van der Waals surface area contributed by atoms with Crippen LogP contribution in [0.15, 0.2) is 0 Å². The number of alkyl halides is 7. The molecule has 0 aromatic rings. The highest BCUT2D eigenvalue weighted by Crippen LogP contribution is 2.74. The Kier molecular flexibility index (Phi) is 6.17. The second-order valence-corrected chi connectivity index (χ2v) is 13.3. The van der Waals surface area contributed by atoms with E-state index in [1.54, 1.807) is 0 Å². The number of hydrogen-bond donors (Lipinski definition) is 1. The van der Waals surface area contributed by atoms with E-state index in [2.05, 4.69) is 13.8 Å². The molecule has 0 radical (unpaired) electrons. The minimum atomic E-state index is -5.97. The third kappa shape index (κ3) is 3.63. The first-order valence-corrected chi connectivity index (χ1v) is 13.7. The van der Waals surface area contributed by atoms with Crippen LogP contribution in [0.25, 0.3) is 0 Å². The zero-order valence-corrected chi connectivity index (χ0v) is 21.3. The number of epoxide rings is 1. The summed E-state index contributed by atoms with van der Waals surface area (Å²) in [5, 5.41) is 10.3. The van der Waals surface area contributed by atoms with Crippen LogP contribution >= 0.6 is 0 Å². The third-order valence-electron chi connectivity index (χ3n) is 11.9. The van der Waals surface area contributed by atoms with Crippen molar-refractivity contribution < 1.29 is 40.6 Å². The molecule has 1 unspecified atom stereocenters. The molecule has 4 saturated carbocycles. The molecule has 208 valence electrons. The molecule has 1 saturated heterocycles. The summed E-state index contributed by atoms with van der Waals surface area (Å²) in [6.45, 7) is 6.54. The van der Waals surface area contributed by atoms with Crippen molar-refractivity contribution in [3.05, 3.63) is 0 Å². The van der Waals surface area contributed by atoms with Crippen LogP contribution in [0.4, 0.5) is 30.7 Å². The van der Waals surface area contributed by atoms with E-state index in [-0.39, 0.29) is 46.9 Å². The minimum Gasteiger partial charge on any atom is -0.393 e. The van der Waals surface area contributed by atoms with Crippen LogP contribution in [0.5, 0.6) is 0 Å². The number of fused-ring (bicyclic) bond motifs is 4. The van der Waals surface area contributed by atoms with Crippen LogP contribution in [0, 0.1) is 40.4 Å². The molecular formula is C27H39F7O2. The zero-order valence-electron chi connectivity index (χ0n) is 21.3. The first-order chi connectivity index (χ1) is 16.5. The minimum absolute atomic E-state index is 0.0130. The fourth-order valence-corrected chi connectivity index (χ4v) is 9.95. The molecule has 1 N–H and O–H groups in total. The van der Waals surface area contributed by atoms with E-state index in [4.69, 9.17) is 4.74 Å². The normalized spacial score (nSPS) is 47.4. The molecule has 2 nitrogen and oxygen atoms in total. The smallest absolute Gasteiger partial charge is 0.393 e. The van der Waals surface area contributed by atoms with E-state index < -0.39 is 30.9 Å². The van der Waals surface area contributed by atoms with Crippen molar-refractivity contribution in [1.82, 2.24) is 0 Å². The van der Waals surface area contributed by atoms with Gasteiger partial charge < -0.3 is 9.84 Å². The summed E-state index contributed by atoms with van der Waals surface area (Å²) < 4.78 is 98.2. The van der Waals surface area contributed by atoms with Gasteiger partial charge in [0.05, 0.1) is 12.2 Å². The second-order valence-electron chi connectivity index (χ2n) is 13.3. The summed E-state index contributed by atoms with van der Waals surface area (Å²) in [4.78, 5) is 0. The molecular weight excluding hydrogens is 489 g/mol. The third-order valence-corrected chi connectivity index (χ3v) is 11.9. The number of hydrogen-bond acceptors (Lipinski definition) is 2. The molecule has 0 amide bonds. The van der Waals surface area contributed by atoms with E-state index in [9.17, 15) is 35.8 Å². The molecule has 1 spiro atoms. The summed E-state index contributed by atoms with van der Waals surface area (Å²) in [5.74, 6) is 1.61. The topological polar surface area (TPSA) is 32.8 Å². The van der Waals surface area contributed by atoms with E-state index in [1.807, 2.05) is 6.92 Å². The molecule has 0 aromatic heterocycles. The summed E-state index contributed by atoms with van der Waals surface area (Å²) in [6, 6.07) is 0. The second kappa shape index (κ2) is 8.22. The predicted molar refractivity (Wildman–Crippen MR) is 120 cm³/mol. The molecule has 1 heterocycles. The van der Waals surface area contributed by atoms with Gasteiger partial charge in [-0.1, -0.05) is 27.2 Å². The van der Waals surface area contributed by atoms with Crippen molar-refractivity contribution in [2.24, 2.45) is 40.4 Å². The molecule has 10 atom stereocenters. The van der Waals surface area contributed by atoms with E-state index in [0.717, 1.165) is 44.9 Å². The van der Waals surface area contributed by atoms with Crippen LogP contribution in [0.3, 0.4) is 0 Å². The van der Waals surface area contributed by atoms with Crippen LogP contribution in [0.1, 0.15) is 91.4 Å². The van der Waals surface area contributed by atoms with Gasteiger partial charge in [0.15, 0.2) is 0 Å². The molecule has 4 aliphatic carbocycles. The average molecular weight is 529 g/mol. The van der Waals surface area contributed by atoms with Gasteiger partial charge in [-0.15, -0.1) is 0 Å². The number of aliphatic hydroxyl groups excluding tert-OH is 1. The molecule has 5 rings (SSSR count). The highest BCUT2D eigenvalue weighted by Gasteiger charge is 2.76. The largest absolute Gasteiger partial charge is 0.431 e. The Hall–Kier alpha value is -0.570. The highest BCUT2D eigenvalue weighted by molar-refractivity contribution is 5.24. The predicted octanol–water partition coefficient (Wildman–Crippen LogP) is 7.78. The van der Waals surface area contributed by atoms with Crippen molar-refractivity contribution in [3.8, 4) is 0 Å². The van der Waals surface area contributed by atoms with E-state index in [0.29, 0.717) is 24.2 Å². The van der Waals surface area contributed by atoms with Gasteiger partial charge in [-0.3, -0.25) is 0 Å². The molecule has 5 aliphatic rings. The maximum Gasteiger partial charge on any atom is 0.431 e. The lowest BCUT2D eigenvalue weighted by Gasteiger charge is -2.59. The number of aliphatic hydroxyl groups is 1.